The molecule has 1 aromatic carbocycles. The molecule has 0 bridgehead atoms. The van der Waals surface area contributed by atoms with Gasteiger partial charge in [-0.25, -0.2) is 18.4 Å². The zero-order chi connectivity index (χ0) is 18.1. The summed E-state index contributed by atoms with van der Waals surface area (Å²) in [5.74, 6) is -3.25. The minimum Gasteiger partial charge on any atom is -0.478 e. The average molecular weight is 339 g/mol. The summed E-state index contributed by atoms with van der Waals surface area (Å²) in [6.07, 6.45) is 1.31. The van der Waals surface area contributed by atoms with E-state index in [-0.39, 0.29) is 25.1 Å². The molecule has 0 saturated heterocycles. The van der Waals surface area contributed by atoms with Crippen LogP contribution in [-0.4, -0.2) is 40.8 Å². The largest absolute Gasteiger partial charge is 0.478 e. The topological polar surface area (TPSA) is 66.8 Å². The predicted octanol–water partition coefficient (Wildman–Crippen LogP) is 3.69. The quantitative estimate of drug-likeness (QED) is 0.892. The van der Waals surface area contributed by atoms with Gasteiger partial charge in [0.1, 0.15) is 17.2 Å². The Labute approximate surface area is 138 Å². The number of hydrogen-bond donors (Lipinski definition) is 1. The molecule has 0 spiro atoms. The number of ether oxygens (including phenoxy) is 1. The van der Waals surface area contributed by atoms with Crippen LogP contribution in [-0.2, 0) is 4.74 Å². The highest BCUT2D eigenvalue weighted by atomic mass is 19.1. The highest BCUT2D eigenvalue weighted by Crippen LogP contribution is 2.28. The van der Waals surface area contributed by atoms with Gasteiger partial charge < -0.3 is 14.7 Å². The van der Waals surface area contributed by atoms with Gasteiger partial charge in [-0.3, -0.25) is 0 Å². The highest BCUT2D eigenvalue weighted by Gasteiger charge is 2.26. The Morgan fingerprint density at radius 1 is 1.21 bits per heavy atom. The second-order valence-corrected chi connectivity index (χ2v) is 6.53. The zero-order valence-corrected chi connectivity index (χ0v) is 13.7. The van der Waals surface area contributed by atoms with Crippen LogP contribution in [0, 0.1) is 11.6 Å². The second-order valence-electron chi connectivity index (χ2n) is 6.53. The number of carbonyl (C=O) groups is 2. The maximum Gasteiger partial charge on any atom is 0.410 e. The van der Waals surface area contributed by atoms with E-state index >= 15 is 0 Å². The fourth-order valence-electron chi connectivity index (χ4n) is 2.39. The summed E-state index contributed by atoms with van der Waals surface area (Å²) in [6.45, 7) is 5.70. The van der Waals surface area contributed by atoms with Gasteiger partial charge in [0.15, 0.2) is 0 Å². The van der Waals surface area contributed by atoms with E-state index < -0.39 is 34.9 Å². The summed E-state index contributed by atoms with van der Waals surface area (Å²) in [6, 6.07) is 1.59. The van der Waals surface area contributed by atoms with Crippen LogP contribution in [0.3, 0.4) is 0 Å². The maximum atomic E-state index is 14.1. The molecule has 24 heavy (non-hydrogen) atoms. The van der Waals surface area contributed by atoms with Crippen molar-refractivity contribution in [3.05, 3.63) is 41.0 Å². The lowest BCUT2D eigenvalue weighted by molar-refractivity contribution is 0.0270. The van der Waals surface area contributed by atoms with Gasteiger partial charge in [-0.15, -0.1) is 0 Å². The molecular formula is C17H19F2NO4. The second kappa shape index (κ2) is 6.59. The molecule has 1 aromatic rings. The molecule has 0 fully saturated rings. The van der Waals surface area contributed by atoms with Crippen molar-refractivity contribution in [3.63, 3.8) is 0 Å². The molecule has 1 amide bonds. The summed E-state index contributed by atoms with van der Waals surface area (Å²) in [5, 5.41) is 8.82. The average Bonchev–Trinajstić information content (AvgIpc) is 2.45. The van der Waals surface area contributed by atoms with Crippen molar-refractivity contribution in [1.29, 1.82) is 0 Å². The number of carboxylic acids is 1. The zero-order valence-electron chi connectivity index (χ0n) is 13.7. The van der Waals surface area contributed by atoms with Gasteiger partial charge in [-0.2, -0.15) is 0 Å². The summed E-state index contributed by atoms with van der Waals surface area (Å²) in [5.41, 5.74) is -0.905. The number of hydrogen-bond acceptors (Lipinski definition) is 3. The first-order valence-electron chi connectivity index (χ1n) is 7.48. The van der Waals surface area contributed by atoms with Crippen LogP contribution >= 0.6 is 0 Å². The van der Waals surface area contributed by atoms with Crippen LogP contribution in [0.1, 0.15) is 43.1 Å². The van der Waals surface area contributed by atoms with E-state index in [1.807, 2.05) is 0 Å². The minimum absolute atomic E-state index is 0.170. The number of halogens is 2. The molecule has 7 heteroatoms. The molecule has 5 nitrogen and oxygen atoms in total. The van der Waals surface area contributed by atoms with Gasteiger partial charge in [0.05, 0.1) is 5.56 Å². The lowest BCUT2D eigenvalue weighted by atomic mass is 9.97. The van der Waals surface area contributed by atoms with Crippen LogP contribution in [0.4, 0.5) is 13.6 Å². The number of rotatable bonds is 2. The van der Waals surface area contributed by atoms with Gasteiger partial charge in [0, 0.05) is 18.7 Å². The molecule has 0 aromatic heterocycles. The lowest BCUT2D eigenvalue weighted by Gasteiger charge is -2.29. The molecular weight excluding hydrogens is 320 g/mol. The Morgan fingerprint density at radius 2 is 1.79 bits per heavy atom. The smallest absolute Gasteiger partial charge is 0.410 e. The van der Waals surface area contributed by atoms with E-state index in [9.17, 15) is 18.4 Å². The number of aromatic carboxylic acids is 1. The number of carboxylic acid groups (broad SMARTS) is 1. The van der Waals surface area contributed by atoms with E-state index in [2.05, 4.69) is 0 Å². The molecule has 1 heterocycles. The van der Waals surface area contributed by atoms with Gasteiger partial charge in [-0.1, -0.05) is 6.08 Å². The van der Waals surface area contributed by atoms with Crippen molar-refractivity contribution in [3.8, 4) is 0 Å². The van der Waals surface area contributed by atoms with Gasteiger partial charge in [0.2, 0.25) is 0 Å². The van der Waals surface area contributed by atoms with E-state index in [0.717, 1.165) is 12.1 Å². The minimum atomic E-state index is -1.40. The van der Waals surface area contributed by atoms with Gasteiger partial charge in [0.25, 0.3) is 0 Å². The summed E-state index contributed by atoms with van der Waals surface area (Å²) < 4.78 is 33.4. The number of nitrogens with zero attached hydrogens (tertiary/aromatic N) is 1. The molecule has 0 radical (unpaired) electrons. The Kier molecular flexibility index (Phi) is 4.91. The fraction of sp³-hybridized carbons (Fsp3) is 0.412. The van der Waals surface area contributed by atoms with Crippen molar-refractivity contribution in [2.45, 2.75) is 32.8 Å². The van der Waals surface area contributed by atoms with E-state index in [4.69, 9.17) is 9.84 Å². The fourth-order valence-corrected chi connectivity index (χ4v) is 2.39. The lowest BCUT2D eigenvalue weighted by Crippen LogP contribution is -2.39. The van der Waals surface area contributed by atoms with Gasteiger partial charge >= 0.3 is 12.1 Å². The van der Waals surface area contributed by atoms with E-state index in [1.165, 1.54) is 4.90 Å². The molecule has 0 unspecified atom stereocenters. The molecule has 0 saturated carbocycles. The number of benzene rings is 1. The SMILES string of the molecule is CC(C)(C)OC(=O)N1CC=C(c2c(F)cc(C(=O)O)cc2F)CC1. The first kappa shape index (κ1) is 17.9. The van der Waals surface area contributed by atoms with Gasteiger partial charge in [-0.05, 0) is 44.9 Å². The molecule has 1 aliphatic rings. The first-order valence-corrected chi connectivity index (χ1v) is 7.48. The third kappa shape index (κ3) is 4.10. The standard InChI is InChI=1S/C17H19F2NO4/c1-17(2,3)24-16(23)20-6-4-10(5-7-20)14-12(18)8-11(15(21)22)9-13(14)19/h4,8-9H,5-7H2,1-3H3,(H,21,22). The monoisotopic (exact) mass is 339 g/mol. The number of carbonyl (C=O) groups excluding carboxylic acids is 1. The molecule has 130 valence electrons. The first-order chi connectivity index (χ1) is 11.1. The summed E-state index contributed by atoms with van der Waals surface area (Å²) in [4.78, 5) is 24.2. The van der Waals surface area contributed by atoms with Crippen molar-refractivity contribution < 1.29 is 28.2 Å². The number of amides is 1. The van der Waals surface area contributed by atoms with Crippen LogP contribution in [0.15, 0.2) is 18.2 Å². The van der Waals surface area contributed by atoms with Crippen molar-refractivity contribution >= 4 is 17.6 Å². The molecule has 1 aliphatic heterocycles. The Bertz CT molecular complexity index is 684. The normalized spacial score (nSPS) is 15.0. The Hall–Kier alpha value is -2.44. The van der Waals surface area contributed by atoms with Crippen LogP contribution in [0.2, 0.25) is 0 Å². The highest BCUT2D eigenvalue weighted by molar-refractivity contribution is 5.88. The van der Waals surface area contributed by atoms with Crippen LogP contribution in [0.5, 0.6) is 0 Å². The third-order valence-electron chi connectivity index (χ3n) is 3.47. The van der Waals surface area contributed by atoms with Crippen molar-refractivity contribution in [1.82, 2.24) is 4.90 Å². The van der Waals surface area contributed by atoms with Crippen molar-refractivity contribution in [2.75, 3.05) is 13.1 Å². The molecule has 2 rings (SSSR count). The summed E-state index contributed by atoms with van der Waals surface area (Å²) >= 11 is 0. The Balaban J connectivity index is 2.19. The predicted molar refractivity (Wildman–Crippen MR) is 83.7 cm³/mol. The van der Waals surface area contributed by atoms with Crippen LogP contribution in [0.25, 0.3) is 5.57 Å². The molecule has 0 atom stereocenters. The van der Waals surface area contributed by atoms with E-state index in [1.54, 1.807) is 26.8 Å². The summed E-state index contributed by atoms with van der Waals surface area (Å²) in [7, 11) is 0. The third-order valence-corrected chi connectivity index (χ3v) is 3.47. The molecule has 0 aliphatic carbocycles. The van der Waals surface area contributed by atoms with E-state index in [0.29, 0.717) is 5.57 Å². The molecule has 1 N–H and O–H groups in total. The Morgan fingerprint density at radius 3 is 2.21 bits per heavy atom. The van der Waals surface area contributed by atoms with Crippen LogP contribution < -0.4 is 0 Å². The van der Waals surface area contributed by atoms with Crippen molar-refractivity contribution in [2.24, 2.45) is 0 Å². The maximum absolute atomic E-state index is 14.1.